The summed E-state index contributed by atoms with van der Waals surface area (Å²) in [7, 11) is 0. The summed E-state index contributed by atoms with van der Waals surface area (Å²) in [5, 5.41) is 4.60. The monoisotopic (exact) mass is 777 g/mol. The molecule has 0 bridgehead atoms. The highest BCUT2D eigenvalue weighted by atomic mass is 16.3. The first-order chi connectivity index (χ1) is 30.3. The number of hydrogen-bond acceptors (Lipinski definition) is 2. The van der Waals surface area contributed by atoms with Crippen molar-refractivity contribution in [1.29, 1.82) is 0 Å². The maximum atomic E-state index is 6.62. The third kappa shape index (κ3) is 5.50. The summed E-state index contributed by atoms with van der Waals surface area (Å²) in [5.41, 5.74) is 16.7. The summed E-state index contributed by atoms with van der Waals surface area (Å²) in [5.74, 6) is 0. The Labute approximate surface area is 355 Å². The van der Waals surface area contributed by atoms with Gasteiger partial charge in [-0.3, -0.25) is 0 Å². The van der Waals surface area contributed by atoms with Gasteiger partial charge in [0.15, 0.2) is 0 Å². The Balaban J connectivity index is 1.12. The molecule has 0 saturated heterocycles. The van der Waals surface area contributed by atoms with Gasteiger partial charge in [-0.1, -0.05) is 188 Å². The number of anilines is 3. The molecule has 1 aliphatic carbocycles. The quantitative estimate of drug-likeness (QED) is 0.160. The van der Waals surface area contributed by atoms with E-state index in [1.165, 1.54) is 55.3 Å². The van der Waals surface area contributed by atoms with Crippen LogP contribution in [-0.4, -0.2) is 0 Å². The highest BCUT2D eigenvalue weighted by Crippen LogP contribution is 2.57. The zero-order valence-corrected chi connectivity index (χ0v) is 33.4. The minimum absolute atomic E-state index is 0.531. The highest BCUT2D eigenvalue weighted by Gasteiger charge is 2.46. The summed E-state index contributed by atoms with van der Waals surface area (Å²) < 4.78 is 6.62. The van der Waals surface area contributed by atoms with Gasteiger partial charge < -0.3 is 9.32 Å². The minimum Gasteiger partial charge on any atom is -0.456 e. The lowest BCUT2D eigenvalue weighted by Crippen LogP contribution is -2.28. The van der Waals surface area contributed by atoms with Crippen LogP contribution in [0, 0.1) is 0 Å². The van der Waals surface area contributed by atoms with Crippen molar-refractivity contribution in [2.75, 3.05) is 4.90 Å². The zero-order valence-electron chi connectivity index (χ0n) is 33.4. The summed E-state index contributed by atoms with van der Waals surface area (Å²) >= 11 is 0. The maximum absolute atomic E-state index is 6.62. The predicted molar refractivity (Wildman–Crippen MR) is 254 cm³/mol. The molecule has 11 aromatic rings. The third-order valence-corrected chi connectivity index (χ3v) is 12.7. The van der Waals surface area contributed by atoms with Crippen molar-refractivity contribution < 1.29 is 4.42 Å². The van der Waals surface area contributed by atoms with Crippen LogP contribution < -0.4 is 4.90 Å². The Morgan fingerprint density at radius 1 is 0.344 bits per heavy atom. The maximum Gasteiger partial charge on any atom is 0.136 e. The number of hydrogen-bond donors (Lipinski definition) is 0. The molecule has 12 rings (SSSR count). The molecular weight excluding hydrogens is 739 g/mol. The van der Waals surface area contributed by atoms with Crippen LogP contribution in [0.4, 0.5) is 17.1 Å². The molecule has 1 aromatic heterocycles. The van der Waals surface area contributed by atoms with E-state index in [0.29, 0.717) is 0 Å². The summed E-state index contributed by atoms with van der Waals surface area (Å²) in [6.45, 7) is 0. The van der Waals surface area contributed by atoms with Crippen molar-refractivity contribution in [3.05, 3.63) is 259 Å². The molecule has 0 atom stereocenters. The SMILES string of the molecule is c1ccc(-c2ccc(N(c3ccc4c(c3)C(c3ccccc3)(c3ccccc3)c3ccccc3-4)c3ccccc3-c3cccc4oc5cc6ccccc6cc5c34)cc2)cc1. The minimum atomic E-state index is -0.531. The fourth-order valence-electron chi connectivity index (χ4n) is 10.1. The Kier molecular flexibility index (Phi) is 8.11. The van der Waals surface area contributed by atoms with E-state index in [9.17, 15) is 0 Å². The molecule has 10 aromatic carbocycles. The van der Waals surface area contributed by atoms with E-state index in [0.717, 1.165) is 50.1 Å². The average Bonchev–Trinajstić information content (AvgIpc) is 3.85. The smallest absolute Gasteiger partial charge is 0.136 e. The second kappa shape index (κ2) is 14.1. The lowest BCUT2D eigenvalue weighted by atomic mass is 9.67. The van der Waals surface area contributed by atoms with Crippen LogP contribution in [-0.2, 0) is 5.41 Å². The van der Waals surface area contributed by atoms with E-state index in [-0.39, 0.29) is 0 Å². The number of fused-ring (bicyclic) bond motifs is 7. The van der Waals surface area contributed by atoms with Crippen LogP contribution >= 0.6 is 0 Å². The van der Waals surface area contributed by atoms with Gasteiger partial charge >= 0.3 is 0 Å². The largest absolute Gasteiger partial charge is 0.456 e. The molecular formula is C59H39NO. The van der Waals surface area contributed by atoms with Crippen molar-refractivity contribution >= 4 is 49.8 Å². The van der Waals surface area contributed by atoms with Crippen LogP contribution in [0.1, 0.15) is 22.3 Å². The van der Waals surface area contributed by atoms with Gasteiger partial charge in [0.25, 0.3) is 0 Å². The van der Waals surface area contributed by atoms with Crippen LogP contribution in [0.25, 0.3) is 66.1 Å². The van der Waals surface area contributed by atoms with Gasteiger partial charge in [-0.2, -0.15) is 0 Å². The first-order valence-electron chi connectivity index (χ1n) is 21.0. The van der Waals surface area contributed by atoms with Gasteiger partial charge in [0, 0.05) is 27.7 Å². The lowest BCUT2D eigenvalue weighted by molar-refractivity contribution is 0.669. The third-order valence-electron chi connectivity index (χ3n) is 12.7. The normalized spacial score (nSPS) is 12.7. The Hall–Kier alpha value is -7.94. The van der Waals surface area contributed by atoms with Crippen LogP contribution in [0.15, 0.2) is 241 Å². The van der Waals surface area contributed by atoms with Crippen LogP contribution in [0.3, 0.4) is 0 Å². The van der Waals surface area contributed by atoms with Gasteiger partial charge in [0.05, 0.1) is 11.1 Å². The number of nitrogens with zero attached hydrogens (tertiary/aromatic N) is 1. The molecule has 0 aliphatic heterocycles. The number of para-hydroxylation sites is 1. The average molecular weight is 778 g/mol. The standard InChI is InChI=1S/C59H39NO/c1-4-17-40(18-5-1)41-31-33-46(34-32-41)60(55-29-15-13-26-50(55)51-27-16-30-56-58(51)52-37-42-19-10-11-20-43(42)38-57(52)61-56)47-35-36-49-48-25-12-14-28-53(48)59(54(49)39-47,44-21-6-2-7-22-44)45-23-8-3-9-24-45/h1-39H. The van der Waals surface area contributed by atoms with E-state index >= 15 is 0 Å². The van der Waals surface area contributed by atoms with Gasteiger partial charge in [0.2, 0.25) is 0 Å². The van der Waals surface area contributed by atoms with Crippen molar-refractivity contribution in [1.82, 2.24) is 0 Å². The molecule has 0 unspecified atom stereocenters. The number of benzene rings is 10. The molecule has 0 amide bonds. The first-order valence-corrected chi connectivity index (χ1v) is 21.0. The van der Waals surface area contributed by atoms with E-state index < -0.39 is 5.41 Å². The van der Waals surface area contributed by atoms with Gasteiger partial charge in [-0.05, 0) is 109 Å². The molecule has 2 nitrogen and oxygen atoms in total. The van der Waals surface area contributed by atoms with Gasteiger partial charge in [-0.25, -0.2) is 0 Å². The molecule has 286 valence electrons. The molecule has 0 fully saturated rings. The summed E-state index contributed by atoms with van der Waals surface area (Å²) in [6.07, 6.45) is 0. The summed E-state index contributed by atoms with van der Waals surface area (Å²) in [6, 6.07) is 86.1. The van der Waals surface area contributed by atoms with Crippen molar-refractivity contribution in [3.8, 4) is 33.4 Å². The highest BCUT2D eigenvalue weighted by molar-refractivity contribution is 6.16. The van der Waals surface area contributed by atoms with Crippen LogP contribution in [0.2, 0.25) is 0 Å². The summed E-state index contributed by atoms with van der Waals surface area (Å²) in [4.78, 5) is 2.45. The Bertz CT molecular complexity index is 3360. The second-order valence-electron chi connectivity index (χ2n) is 16.0. The second-order valence-corrected chi connectivity index (χ2v) is 16.0. The number of furan rings is 1. The molecule has 2 heteroatoms. The molecule has 0 spiro atoms. The fourth-order valence-corrected chi connectivity index (χ4v) is 10.1. The van der Waals surface area contributed by atoms with E-state index in [1.54, 1.807) is 0 Å². The van der Waals surface area contributed by atoms with Gasteiger partial charge in [-0.15, -0.1) is 0 Å². The van der Waals surface area contributed by atoms with Crippen molar-refractivity contribution in [2.24, 2.45) is 0 Å². The topological polar surface area (TPSA) is 16.4 Å². The van der Waals surface area contributed by atoms with Crippen molar-refractivity contribution in [2.45, 2.75) is 5.41 Å². The van der Waals surface area contributed by atoms with E-state index in [1.807, 2.05) is 0 Å². The first kappa shape index (κ1) is 35.0. The zero-order chi connectivity index (χ0) is 40.3. The molecule has 1 aliphatic rings. The Morgan fingerprint density at radius 2 is 0.902 bits per heavy atom. The van der Waals surface area contributed by atoms with Gasteiger partial charge in [0.1, 0.15) is 11.2 Å². The predicted octanol–water partition coefficient (Wildman–Crippen LogP) is 15.9. The van der Waals surface area contributed by atoms with E-state index in [4.69, 9.17) is 4.42 Å². The van der Waals surface area contributed by atoms with Crippen molar-refractivity contribution in [3.63, 3.8) is 0 Å². The van der Waals surface area contributed by atoms with Crippen LogP contribution in [0.5, 0.6) is 0 Å². The van der Waals surface area contributed by atoms with E-state index in [2.05, 4.69) is 241 Å². The molecule has 0 saturated carbocycles. The molecule has 0 radical (unpaired) electrons. The molecule has 1 heterocycles. The number of rotatable bonds is 7. The fraction of sp³-hybridized carbons (Fsp3) is 0.0169. The molecule has 61 heavy (non-hydrogen) atoms. The molecule has 0 N–H and O–H groups in total. The lowest BCUT2D eigenvalue weighted by Gasteiger charge is -2.35. The Morgan fingerprint density at radius 3 is 1.64 bits per heavy atom.